The fraction of sp³-hybridized carbons (Fsp3) is 0.500. The van der Waals surface area contributed by atoms with E-state index in [-0.39, 0.29) is 11.6 Å². The van der Waals surface area contributed by atoms with Gasteiger partial charge in [-0.1, -0.05) is 24.3 Å². The van der Waals surface area contributed by atoms with Gasteiger partial charge in [0.2, 0.25) is 0 Å². The Morgan fingerprint density at radius 1 is 0.476 bits per heavy atom. The van der Waals surface area contributed by atoms with Gasteiger partial charge in [-0.25, -0.2) is 0 Å². The van der Waals surface area contributed by atoms with Crippen LogP contribution in [0, 0.1) is 0 Å². The van der Waals surface area contributed by atoms with Gasteiger partial charge in [0.1, 0.15) is 11.5 Å². The predicted octanol–water partition coefficient (Wildman–Crippen LogP) is 6.60. The quantitative estimate of drug-likeness (QED) is 0.114. The number of unbranched alkanes of at least 4 members (excludes halogenated alkanes) is 6. The second-order valence-corrected chi connectivity index (χ2v) is 13.4. The Hall–Kier alpha value is -3.22. The number of nitrogens with zero attached hydrogens (tertiary/aromatic N) is 2. The van der Waals surface area contributed by atoms with Crippen LogP contribution < -0.4 is 9.47 Å². The Bertz CT molecular complexity index is 1120. The van der Waals surface area contributed by atoms with Crippen LogP contribution in [-0.4, -0.2) is 89.1 Å². The normalized spacial score (nSPS) is 14.0. The van der Waals surface area contributed by atoms with Crippen LogP contribution in [0.2, 0.25) is 0 Å². The molecule has 0 aliphatic heterocycles. The van der Waals surface area contributed by atoms with E-state index >= 15 is 0 Å². The zero-order valence-electron chi connectivity index (χ0n) is 26.8. The SMILES string of the molecule is C[N+](C)(C)CCCCCCOc1ccc(C2=CC(=O)C(c3ccc(OCCCCCC[N+](C)(C)C)cc3)=CC2=O)cc1. The van der Waals surface area contributed by atoms with Gasteiger partial charge in [0, 0.05) is 11.1 Å². The molecule has 42 heavy (non-hydrogen) atoms. The van der Waals surface area contributed by atoms with Crippen LogP contribution in [0.15, 0.2) is 60.7 Å². The van der Waals surface area contributed by atoms with Crippen molar-refractivity contribution in [1.82, 2.24) is 0 Å². The number of rotatable bonds is 18. The van der Waals surface area contributed by atoms with Crippen molar-refractivity contribution in [3.05, 3.63) is 71.8 Å². The highest BCUT2D eigenvalue weighted by Gasteiger charge is 2.22. The molecule has 228 valence electrons. The molecule has 3 rings (SSSR count). The van der Waals surface area contributed by atoms with Crippen molar-refractivity contribution >= 4 is 22.7 Å². The summed E-state index contributed by atoms with van der Waals surface area (Å²) in [5.41, 5.74) is 2.26. The number of hydrogen-bond acceptors (Lipinski definition) is 4. The Morgan fingerprint density at radius 2 is 0.810 bits per heavy atom. The zero-order valence-corrected chi connectivity index (χ0v) is 26.8. The average Bonchev–Trinajstić information content (AvgIpc) is 2.92. The standard InChI is InChI=1S/C36H52N2O4/c1-37(2,3)23-11-7-9-13-25-41-31-19-15-29(16-20-31)33-27-36(40)34(28-35(33)39)30-17-21-32(22-18-30)42-26-14-10-8-12-24-38(4,5)6/h15-22,27-28H,7-14,23-26H2,1-6H3/q+2. The molecule has 0 amide bonds. The van der Waals surface area contributed by atoms with Crippen LogP contribution in [0.4, 0.5) is 0 Å². The highest BCUT2D eigenvalue weighted by Crippen LogP contribution is 2.29. The largest absolute Gasteiger partial charge is 0.494 e. The van der Waals surface area contributed by atoms with Gasteiger partial charge in [-0.15, -0.1) is 0 Å². The first kappa shape index (κ1) is 33.3. The summed E-state index contributed by atoms with van der Waals surface area (Å²) < 4.78 is 13.8. The van der Waals surface area contributed by atoms with Crippen molar-refractivity contribution in [1.29, 1.82) is 0 Å². The van der Waals surface area contributed by atoms with E-state index < -0.39 is 0 Å². The Balaban J connectivity index is 1.43. The number of allylic oxidation sites excluding steroid dienone is 4. The van der Waals surface area contributed by atoms with Crippen LogP contribution in [0.1, 0.15) is 62.5 Å². The summed E-state index contributed by atoms with van der Waals surface area (Å²) in [6.07, 6.45) is 12.2. The molecule has 0 heterocycles. The van der Waals surface area contributed by atoms with Crippen molar-refractivity contribution in [2.24, 2.45) is 0 Å². The fourth-order valence-electron chi connectivity index (χ4n) is 4.94. The third-order valence-corrected chi connectivity index (χ3v) is 7.40. The zero-order chi connectivity index (χ0) is 30.6. The van der Waals surface area contributed by atoms with Gasteiger partial charge in [-0.05, 0) is 98.9 Å². The highest BCUT2D eigenvalue weighted by molar-refractivity contribution is 6.43. The summed E-state index contributed by atoms with van der Waals surface area (Å²) in [6, 6.07) is 14.9. The minimum Gasteiger partial charge on any atom is -0.494 e. The summed E-state index contributed by atoms with van der Waals surface area (Å²) in [5, 5.41) is 0. The first-order valence-electron chi connectivity index (χ1n) is 15.5. The lowest BCUT2D eigenvalue weighted by molar-refractivity contribution is -0.870. The summed E-state index contributed by atoms with van der Waals surface area (Å²) in [7, 11) is 13.3. The van der Waals surface area contributed by atoms with Crippen LogP contribution in [0.25, 0.3) is 11.1 Å². The van der Waals surface area contributed by atoms with Crippen LogP contribution in [-0.2, 0) is 9.59 Å². The molecule has 2 aromatic carbocycles. The summed E-state index contributed by atoms with van der Waals surface area (Å²) in [6.45, 7) is 3.73. The van der Waals surface area contributed by atoms with Crippen molar-refractivity contribution in [3.63, 3.8) is 0 Å². The van der Waals surface area contributed by atoms with E-state index in [1.54, 1.807) is 0 Å². The topological polar surface area (TPSA) is 52.6 Å². The van der Waals surface area contributed by atoms with Crippen molar-refractivity contribution in [3.8, 4) is 11.5 Å². The van der Waals surface area contributed by atoms with Crippen molar-refractivity contribution in [2.45, 2.75) is 51.4 Å². The molecule has 2 aromatic rings. The molecule has 0 unspecified atom stereocenters. The van der Waals surface area contributed by atoms with E-state index in [9.17, 15) is 9.59 Å². The average molecular weight is 577 g/mol. The predicted molar refractivity (Wildman–Crippen MR) is 173 cm³/mol. The molecular weight excluding hydrogens is 524 g/mol. The Labute approximate surface area is 253 Å². The molecule has 0 N–H and O–H groups in total. The van der Waals surface area contributed by atoms with Gasteiger partial charge in [-0.3, -0.25) is 9.59 Å². The smallest absolute Gasteiger partial charge is 0.187 e. The molecule has 0 fully saturated rings. The third-order valence-electron chi connectivity index (χ3n) is 7.40. The Kier molecular flexibility index (Phi) is 12.6. The lowest BCUT2D eigenvalue weighted by atomic mass is 9.89. The number of quaternary nitrogens is 2. The molecule has 6 heteroatoms. The number of carbonyl (C=O) groups is 2. The molecule has 0 aromatic heterocycles. The molecule has 6 nitrogen and oxygen atoms in total. The van der Waals surface area contributed by atoms with E-state index in [2.05, 4.69) is 42.3 Å². The van der Waals surface area contributed by atoms with E-state index in [4.69, 9.17) is 9.47 Å². The second-order valence-electron chi connectivity index (χ2n) is 13.4. The maximum atomic E-state index is 13.0. The fourth-order valence-corrected chi connectivity index (χ4v) is 4.94. The van der Waals surface area contributed by atoms with Gasteiger partial charge < -0.3 is 18.4 Å². The monoisotopic (exact) mass is 576 g/mol. The summed E-state index contributed by atoms with van der Waals surface area (Å²) >= 11 is 0. The lowest BCUT2D eigenvalue weighted by Crippen LogP contribution is -2.35. The van der Waals surface area contributed by atoms with Crippen LogP contribution in [0.3, 0.4) is 0 Å². The first-order chi connectivity index (χ1) is 19.9. The first-order valence-corrected chi connectivity index (χ1v) is 15.5. The number of ether oxygens (including phenoxy) is 2. The van der Waals surface area contributed by atoms with E-state index in [0.717, 1.165) is 57.3 Å². The van der Waals surface area contributed by atoms with Crippen LogP contribution >= 0.6 is 0 Å². The molecule has 0 saturated heterocycles. The van der Waals surface area contributed by atoms with E-state index in [0.29, 0.717) is 24.4 Å². The molecule has 1 aliphatic carbocycles. The Morgan fingerprint density at radius 3 is 1.14 bits per heavy atom. The third kappa shape index (κ3) is 11.9. The molecule has 0 bridgehead atoms. The van der Waals surface area contributed by atoms with Crippen LogP contribution in [0.5, 0.6) is 11.5 Å². The molecule has 0 saturated carbocycles. The molecule has 0 radical (unpaired) electrons. The minimum absolute atomic E-state index is 0.169. The summed E-state index contributed by atoms with van der Waals surface area (Å²) in [5.74, 6) is 1.22. The molecule has 0 spiro atoms. The van der Waals surface area contributed by atoms with Crippen molar-refractivity contribution in [2.75, 3.05) is 68.6 Å². The van der Waals surface area contributed by atoms with Gasteiger partial charge >= 0.3 is 0 Å². The highest BCUT2D eigenvalue weighted by atomic mass is 16.5. The van der Waals surface area contributed by atoms with Gasteiger partial charge in [0.15, 0.2) is 11.6 Å². The van der Waals surface area contributed by atoms with E-state index in [1.807, 2.05) is 48.5 Å². The lowest BCUT2D eigenvalue weighted by Gasteiger charge is -2.23. The number of ketones is 2. The maximum Gasteiger partial charge on any atom is 0.187 e. The van der Waals surface area contributed by atoms with Crippen molar-refractivity contribution < 1.29 is 28.0 Å². The summed E-state index contributed by atoms with van der Waals surface area (Å²) in [4.78, 5) is 26.0. The number of carbonyl (C=O) groups excluding carboxylic acids is 2. The molecular formula is C36H52N2O4+2. The molecule has 0 atom stereocenters. The van der Waals surface area contributed by atoms with Gasteiger partial charge in [0.25, 0.3) is 0 Å². The molecule has 1 aliphatic rings. The van der Waals surface area contributed by atoms with E-state index in [1.165, 1.54) is 50.9 Å². The van der Waals surface area contributed by atoms with Gasteiger partial charge in [-0.2, -0.15) is 0 Å². The number of hydrogen-bond donors (Lipinski definition) is 0. The number of benzene rings is 2. The minimum atomic E-state index is -0.169. The van der Waals surface area contributed by atoms with Gasteiger partial charge in [0.05, 0.1) is 68.6 Å². The maximum absolute atomic E-state index is 13.0. The second kappa shape index (κ2) is 15.9.